The highest BCUT2D eigenvalue weighted by molar-refractivity contribution is 8.01. The van der Waals surface area contributed by atoms with Crippen LogP contribution < -0.4 is 10.6 Å². The van der Waals surface area contributed by atoms with E-state index in [0.29, 0.717) is 43.5 Å². The van der Waals surface area contributed by atoms with Gasteiger partial charge in [0.15, 0.2) is 15.9 Å². The molecule has 198 valence electrons. The molecule has 0 bridgehead atoms. The van der Waals surface area contributed by atoms with Gasteiger partial charge in [-0.05, 0) is 53.8 Å². The minimum Gasteiger partial charge on any atom is -0.384 e. The molecule has 1 aliphatic heterocycles. The van der Waals surface area contributed by atoms with Crippen LogP contribution in [0.1, 0.15) is 48.5 Å². The number of carbonyl (C=O) groups is 2. The molecule has 0 amide bonds. The van der Waals surface area contributed by atoms with E-state index in [4.69, 9.17) is 28.9 Å². The molecule has 1 aliphatic carbocycles. The predicted molar refractivity (Wildman–Crippen MR) is 155 cm³/mol. The fourth-order valence-electron chi connectivity index (χ4n) is 4.91. The van der Waals surface area contributed by atoms with Crippen molar-refractivity contribution in [2.45, 2.75) is 36.9 Å². The lowest BCUT2D eigenvalue weighted by molar-refractivity contribution is -0.118. The molecule has 2 heterocycles. The summed E-state index contributed by atoms with van der Waals surface area (Å²) in [7, 11) is 0. The number of thioether (sulfide) groups is 1. The van der Waals surface area contributed by atoms with Crippen molar-refractivity contribution in [2.24, 2.45) is 11.1 Å². The molecule has 2 aliphatic rings. The fourth-order valence-corrected chi connectivity index (χ4v) is 6.94. The molecule has 7 nitrogen and oxygen atoms in total. The SMILES string of the molecule is CC1(C)CC(=O)C2=C(C1)N(c1nnc(SCC(=O)c3ccc(Cl)cc3)s1)C(N)=C(C#N)C2c1ccc(Cl)cc1. The van der Waals surface area contributed by atoms with E-state index < -0.39 is 5.92 Å². The quantitative estimate of drug-likeness (QED) is 0.245. The Hall–Kier alpha value is -3.16. The molecule has 3 aromatic rings. The summed E-state index contributed by atoms with van der Waals surface area (Å²) in [5, 5.41) is 20.4. The van der Waals surface area contributed by atoms with E-state index in [9.17, 15) is 14.9 Å². The van der Waals surface area contributed by atoms with Crippen LogP contribution in [0.2, 0.25) is 10.0 Å². The first-order chi connectivity index (χ1) is 18.6. The monoisotopic (exact) mass is 595 g/mol. The van der Waals surface area contributed by atoms with Gasteiger partial charge in [-0.25, -0.2) is 0 Å². The van der Waals surface area contributed by atoms with E-state index >= 15 is 0 Å². The standard InChI is InChI=1S/C28H23Cl2N5O2S2/c1-28(2)11-20-24(21(36)12-28)23(16-5-9-18(30)10-6-16)19(13-31)25(32)35(20)26-33-34-27(39-26)38-14-22(37)15-3-7-17(29)8-4-15/h3-10,23H,11-12,14,32H2,1-2H3. The van der Waals surface area contributed by atoms with E-state index in [1.807, 2.05) is 26.0 Å². The number of Topliss-reactive ketones (excluding diaryl/α,β-unsaturated/α-hetero) is 2. The average molecular weight is 597 g/mol. The Bertz CT molecular complexity index is 1570. The number of rotatable bonds is 6. The van der Waals surface area contributed by atoms with Crippen LogP contribution in [0, 0.1) is 16.7 Å². The van der Waals surface area contributed by atoms with Crippen LogP contribution in [-0.2, 0) is 4.79 Å². The Balaban J connectivity index is 1.51. The van der Waals surface area contributed by atoms with Crippen molar-refractivity contribution in [2.75, 3.05) is 10.7 Å². The highest BCUT2D eigenvalue weighted by Gasteiger charge is 2.45. The maximum atomic E-state index is 13.6. The van der Waals surface area contributed by atoms with Gasteiger partial charge in [0.05, 0.1) is 23.3 Å². The second-order valence-corrected chi connectivity index (χ2v) is 13.2. The first-order valence-electron chi connectivity index (χ1n) is 12.0. The van der Waals surface area contributed by atoms with Crippen molar-refractivity contribution in [1.82, 2.24) is 10.2 Å². The number of hydrogen-bond donors (Lipinski definition) is 1. The molecule has 1 atom stereocenters. The van der Waals surface area contributed by atoms with E-state index in [2.05, 4.69) is 16.3 Å². The Kier molecular flexibility index (Phi) is 7.57. The molecule has 1 unspecified atom stereocenters. The molecule has 1 aromatic heterocycles. The van der Waals surface area contributed by atoms with Crippen LogP contribution in [0.3, 0.4) is 0 Å². The van der Waals surface area contributed by atoms with Crippen LogP contribution in [0.4, 0.5) is 5.13 Å². The highest BCUT2D eigenvalue weighted by atomic mass is 35.5. The number of halogens is 2. The molecule has 0 fully saturated rings. The molecular formula is C28H23Cl2N5O2S2. The van der Waals surface area contributed by atoms with Crippen LogP contribution in [0.5, 0.6) is 0 Å². The summed E-state index contributed by atoms with van der Waals surface area (Å²) < 4.78 is 0.571. The van der Waals surface area contributed by atoms with Crippen molar-refractivity contribution >= 4 is 63.0 Å². The molecule has 2 aromatic carbocycles. The zero-order valence-electron chi connectivity index (χ0n) is 21.1. The summed E-state index contributed by atoms with van der Waals surface area (Å²) in [6.07, 6.45) is 0.918. The third-order valence-corrected chi connectivity index (χ3v) is 9.21. The number of nitrogens with zero attached hydrogens (tertiary/aromatic N) is 4. The number of hydrogen-bond acceptors (Lipinski definition) is 9. The van der Waals surface area contributed by atoms with Gasteiger partial charge in [0, 0.05) is 33.3 Å². The van der Waals surface area contributed by atoms with Gasteiger partial charge in [-0.1, -0.05) is 72.3 Å². The zero-order valence-corrected chi connectivity index (χ0v) is 24.2. The Morgan fingerprint density at radius 3 is 2.41 bits per heavy atom. The van der Waals surface area contributed by atoms with Gasteiger partial charge in [-0.2, -0.15) is 5.26 Å². The van der Waals surface area contributed by atoms with Crippen molar-refractivity contribution in [1.29, 1.82) is 5.26 Å². The summed E-state index contributed by atoms with van der Waals surface area (Å²) in [5.41, 5.74) is 9.22. The van der Waals surface area contributed by atoms with Gasteiger partial charge in [0.1, 0.15) is 5.82 Å². The molecule has 0 radical (unpaired) electrons. The number of allylic oxidation sites excluding steroid dienone is 3. The van der Waals surface area contributed by atoms with E-state index in [1.54, 1.807) is 41.3 Å². The maximum Gasteiger partial charge on any atom is 0.219 e. The van der Waals surface area contributed by atoms with Gasteiger partial charge < -0.3 is 5.73 Å². The van der Waals surface area contributed by atoms with Gasteiger partial charge in [-0.3, -0.25) is 14.5 Å². The van der Waals surface area contributed by atoms with Crippen molar-refractivity contribution < 1.29 is 9.59 Å². The second-order valence-electron chi connectivity index (χ2n) is 10.1. The topological polar surface area (TPSA) is 113 Å². The number of anilines is 1. The van der Waals surface area contributed by atoms with E-state index in [0.717, 1.165) is 11.3 Å². The first kappa shape index (κ1) is 27.4. The Morgan fingerprint density at radius 1 is 1.13 bits per heavy atom. The van der Waals surface area contributed by atoms with Gasteiger partial charge in [-0.15, -0.1) is 10.2 Å². The summed E-state index contributed by atoms with van der Waals surface area (Å²) in [5.74, 6) is -0.303. The largest absolute Gasteiger partial charge is 0.384 e. The third-order valence-electron chi connectivity index (χ3n) is 6.66. The number of nitrogens with two attached hydrogens (primary N) is 1. The van der Waals surface area contributed by atoms with Crippen LogP contribution in [-0.4, -0.2) is 27.5 Å². The van der Waals surface area contributed by atoms with Crippen LogP contribution in [0.25, 0.3) is 0 Å². The highest BCUT2D eigenvalue weighted by Crippen LogP contribution is 2.50. The lowest BCUT2D eigenvalue weighted by atomic mass is 9.69. The fraction of sp³-hybridized carbons (Fsp3) is 0.250. The van der Waals surface area contributed by atoms with Crippen LogP contribution >= 0.6 is 46.3 Å². The third kappa shape index (κ3) is 5.48. The minimum atomic E-state index is -0.596. The molecule has 2 N–H and O–H groups in total. The average Bonchev–Trinajstić information content (AvgIpc) is 3.35. The first-order valence-corrected chi connectivity index (χ1v) is 14.6. The molecule has 0 saturated heterocycles. The van der Waals surface area contributed by atoms with Gasteiger partial charge in [0.25, 0.3) is 0 Å². The smallest absolute Gasteiger partial charge is 0.219 e. The Labute approximate surface area is 244 Å². The van der Waals surface area contributed by atoms with Gasteiger partial charge in [0.2, 0.25) is 5.13 Å². The van der Waals surface area contributed by atoms with Gasteiger partial charge >= 0.3 is 0 Å². The summed E-state index contributed by atoms with van der Waals surface area (Å²) in [4.78, 5) is 27.9. The molecule has 0 saturated carbocycles. The minimum absolute atomic E-state index is 0.0286. The number of carbonyl (C=O) groups excluding carboxylic acids is 2. The number of nitriles is 1. The summed E-state index contributed by atoms with van der Waals surface area (Å²) in [6, 6.07) is 16.1. The summed E-state index contributed by atoms with van der Waals surface area (Å²) >= 11 is 14.6. The predicted octanol–water partition coefficient (Wildman–Crippen LogP) is 6.76. The molecule has 11 heteroatoms. The normalized spacial score (nSPS) is 18.7. The second kappa shape index (κ2) is 10.8. The Morgan fingerprint density at radius 2 is 1.77 bits per heavy atom. The molecular weight excluding hydrogens is 573 g/mol. The summed E-state index contributed by atoms with van der Waals surface area (Å²) in [6.45, 7) is 4.07. The van der Waals surface area contributed by atoms with Crippen LogP contribution in [0.15, 0.2) is 75.5 Å². The van der Waals surface area contributed by atoms with Crippen molar-refractivity contribution in [3.8, 4) is 6.07 Å². The zero-order chi connectivity index (χ0) is 27.9. The van der Waals surface area contributed by atoms with E-state index in [-0.39, 0.29) is 34.1 Å². The molecule has 5 rings (SSSR count). The number of aromatic nitrogens is 2. The number of ketones is 2. The maximum absolute atomic E-state index is 13.6. The molecule has 0 spiro atoms. The lowest BCUT2D eigenvalue weighted by Crippen LogP contribution is -2.42. The van der Waals surface area contributed by atoms with Crippen molar-refractivity contribution in [3.63, 3.8) is 0 Å². The lowest BCUT2D eigenvalue weighted by Gasteiger charge is -2.42. The number of benzene rings is 2. The van der Waals surface area contributed by atoms with E-state index in [1.165, 1.54) is 23.1 Å². The van der Waals surface area contributed by atoms with Crippen molar-refractivity contribution in [3.05, 3.63) is 92.4 Å². The molecule has 39 heavy (non-hydrogen) atoms.